The molecule has 0 saturated carbocycles. The van der Waals surface area contributed by atoms with Crippen molar-refractivity contribution in [1.82, 2.24) is 5.32 Å². The summed E-state index contributed by atoms with van der Waals surface area (Å²) in [6.07, 6.45) is 1.69. The first-order chi connectivity index (χ1) is 7.65. The lowest BCUT2D eigenvalue weighted by molar-refractivity contribution is -0.117. The van der Waals surface area contributed by atoms with E-state index >= 15 is 0 Å². The molecule has 1 unspecified atom stereocenters. The van der Waals surface area contributed by atoms with Crippen molar-refractivity contribution in [2.45, 2.75) is 18.9 Å². The van der Waals surface area contributed by atoms with Crippen LogP contribution in [0.5, 0.6) is 0 Å². The number of hydrogen-bond acceptors (Lipinski definition) is 2. The lowest BCUT2D eigenvalue weighted by Crippen LogP contribution is -2.35. The highest BCUT2D eigenvalue weighted by Crippen LogP contribution is 2.14. The van der Waals surface area contributed by atoms with Crippen molar-refractivity contribution in [3.05, 3.63) is 29.8 Å². The zero-order chi connectivity index (χ0) is 11.5. The van der Waals surface area contributed by atoms with Crippen LogP contribution >= 0.6 is 12.4 Å². The van der Waals surface area contributed by atoms with Crippen LogP contribution in [0, 0.1) is 11.6 Å². The van der Waals surface area contributed by atoms with Crippen molar-refractivity contribution < 1.29 is 13.6 Å². The molecule has 0 aliphatic carbocycles. The predicted molar refractivity (Wildman–Crippen MR) is 63.3 cm³/mol. The third-order valence-corrected chi connectivity index (χ3v) is 2.51. The molecule has 0 aromatic heterocycles. The summed E-state index contributed by atoms with van der Waals surface area (Å²) in [5.41, 5.74) is 0.149. The Hall–Kier alpha value is -1.20. The minimum Gasteiger partial charge on any atom is -0.325 e. The number of anilines is 1. The smallest absolute Gasteiger partial charge is 0.241 e. The Labute approximate surface area is 104 Å². The number of rotatable bonds is 2. The van der Waals surface area contributed by atoms with Gasteiger partial charge in [-0.1, -0.05) is 0 Å². The molecular weight excluding hydrogens is 250 g/mol. The number of halogens is 3. The number of nitrogens with one attached hydrogen (secondary N) is 2. The summed E-state index contributed by atoms with van der Waals surface area (Å²) in [6.45, 7) is 0.801. The molecule has 0 bridgehead atoms. The van der Waals surface area contributed by atoms with Gasteiger partial charge in [0, 0.05) is 11.8 Å². The molecule has 1 aromatic rings. The van der Waals surface area contributed by atoms with E-state index < -0.39 is 11.6 Å². The van der Waals surface area contributed by atoms with Gasteiger partial charge in [-0.2, -0.15) is 0 Å². The van der Waals surface area contributed by atoms with Crippen molar-refractivity contribution in [1.29, 1.82) is 0 Å². The zero-order valence-corrected chi connectivity index (χ0v) is 9.82. The molecule has 1 fully saturated rings. The van der Waals surface area contributed by atoms with Gasteiger partial charge in [0.1, 0.15) is 11.6 Å². The van der Waals surface area contributed by atoms with E-state index in [1.165, 1.54) is 0 Å². The van der Waals surface area contributed by atoms with Crippen molar-refractivity contribution in [3.63, 3.8) is 0 Å². The number of amides is 1. The average molecular weight is 263 g/mol. The van der Waals surface area contributed by atoms with Crippen LogP contribution < -0.4 is 10.6 Å². The van der Waals surface area contributed by atoms with Crippen LogP contribution in [0.1, 0.15) is 12.8 Å². The van der Waals surface area contributed by atoms with Gasteiger partial charge in [-0.25, -0.2) is 8.78 Å². The first kappa shape index (κ1) is 13.9. The molecule has 17 heavy (non-hydrogen) atoms. The van der Waals surface area contributed by atoms with Crippen LogP contribution in [0.25, 0.3) is 0 Å². The van der Waals surface area contributed by atoms with E-state index in [4.69, 9.17) is 0 Å². The lowest BCUT2D eigenvalue weighted by atomic mass is 10.2. The van der Waals surface area contributed by atoms with Gasteiger partial charge in [-0.05, 0) is 31.5 Å². The molecule has 0 spiro atoms. The molecule has 1 atom stereocenters. The fourth-order valence-corrected chi connectivity index (χ4v) is 1.76. The summed E-state index contributed by atoms with van der Waals surface area (Å²) in [4.78, 5) is 11.6. The van der Waals surface area contributed by atoms with Gasteiger partial charge in [-0.3, -0.25) is 4.79 Å². The Balaban J connectivity index is 0.00000144. The first-order valence-electron chi connectivity index (χ1n) is 5.15. The molecule has 1 amide bonds. The van der Waals surface area contributed by atoms with Gasteiger partial charge >= 0.3 is 0 Å². The van der Waals surface area contributed by atoms with E-state index in [0.29, 0.717) is 0 Å². The van der Waals surface area contributed by atoms with Gasteiger partial charge in [0.15, 0.2) is 0 Å². The maximum absolute atomic E-state index is 12.8. The van der Waals surface area contributed by atoms with Gasteiger partial charge in [0.25, 0.3) is 0 Å². The third-order valence-electron chi connectivity index (χ3n) is 2.51. The van der Waals surface area contributed by atoms with Crippen molar-refractivity contribution in [2.24, 2.45) is 0 Å². The van der Waals surface area contributed by atoms with Gasteiger partial charge in [0.2, 0.25) is 5.91 Å². The summed E-state index contributed by atoms with van der Waals surface area (Å²) in [5.74, 6) is -1.65. The summed E-state index contributed by atoms with van der Waals surface area (Å²) in [5, 5.41) is 5.49. The molecule has 2 N–H and O–H groups in total. The maximum Gasteiger partial charge on any atom is 0.241 e. The largest absolute Gasteiger partial charge is 0.325 e. The second-order valence-electron chi connectivity index (χ2n) is 3.80. The SMILES string of the molecule is Cl.O=C(Nc1cc(F)cc(F)c1)C1CCCN1. The normalized spacial score (nSPS) is 18.6. The molecule has 1 aliphatic rings. The molecule has 1 saturated heterocycles. The highest BCUT2D eigenvalue weighted by molar-refractivity contribution is 5.95. The number of hydrogen-bond donors (Lipinski definition) is 2. The number of carbonyl (C=O) groups is 1. The van der Waals surface area contributed by atoms with E-state index in [2.05, 4.69) is 10.6 Å². The van der Waals surface area contributed by atoms with Gasteiger partial charge < -0.3 is 10.6 Å². The summed E-state index contributed by atoms with van der Waals surface area (Å²) in [6, 6.07) is 2.70. The van der Waals surface area contributed by atoms with Gasteiger partial charge in [-0.15, -0.1) is 12.4 Å². The predicted octanol–water partition coefficient (Wildman–Crippen LogP) is 2.08. The summed E-state index contributed by atoms with van der Waals surface area (Å²) >= 11 is 0. The second kappa shape index (κ2) is 5.93. The average Bonchev–Trinajstić information content (AvgIpc) is 2.68. The molecule has 0 radical (unpaired) electrons. The topological polar surface area (TPSA) is 41.1 Å². The third kappa shape index (κ3) is 3.64. The van der Waals surface area contributed by atoms with Crippen molar-refractivity contribution in [2.75, 3.05) is 11.9 Å². The van der Waals surface area contributed by atoms with Crippen LogP contribution in [-0.2, 0) is 4.79 Å². The molecule has 6 heteroatoms. The Kier molecular flexibility index (Phi) is 4.84. The fourth-order valence-electron chi connectivity index (χ4n) is 1.76. The lowest BCUT2D eigenvalue weighted by Gasteiger charge is -2.11. The Morgan fingerprint density at radius 3 is 2.47 bits per heavy atom. The molecule has 2 rings (SSSR count). The van der Waals surface area contributed by atoms with E-state index in [-0.39, 0.29) is 30.0 Å². The van der Waals surface area contributed by atoms with E-state index in [9.17, 15) is 13.6 Å². The fraction of sp³-hybridized carbons (Fsp3) is 0.364. The molecule has 3 nitrogen and oxygen atoms in total. The molecule has 1 aromatic carbocycles. The highest BCUT2D eigenvalue weighted by atomic mass is 35.5. The zero-order valence-electron chi connectivity index (χ0n) is 9.00. The Bertz CT molecular complexity index is 388. The van der Waals surface area contributed by atoms with Crippen LogP contribution in [0.15, 0.2) is 18.2 Å². The van der Waals surface area contributed by atoms with E-state index in [1.54, 1.807) is 0 Å². The van der Waals surface area contributed by atoms with Crippen LogP contribution in [0.3, 0.4) is 0 Å². The maximum atomic E-state index is 12.8. The number of benzene rings is 1. The standard InChI is InChI=1S/C11H12F2N2O.ClH/c12-7-4-8(13)6-9(5-7)15-11(16)10-2-1-3-14-10;/h4-6,10,14H,1-3H2,(H,15,16);1H. The van der Waals surface area contributed by atoms with Crippen molar-refractivity contribution >= 4 is 24.0 Å². The monoisotopic (exact) mass is 262 g/mol. The second-order valence-corrected chi connectivity index (χ2v) is 3.80. The minimum absolute atomic E-state index is 0. The van der Waals surface area contributed by atoms with E-state index in [0.717, 1.165) is 37.6 Å². The Morgan fingerprint density at radius 2 is 1.94 bits per heavy atom. The van der Waals surface area contributed by atoms with Crippen molar-refractivity contribution in [3.8, 4) is 0 Å². The summed E-state index contributed by atoms with van der Waals surface area (Å²) in [7, 11) is 0. The van der Waals surface area contributed by atoms with Crippen LogP contribution in [-0.4, -0.2) is 18.5 Å². The Morgan fingerprint density at radius 1 is 1.29 bits per heavy atom. The minimum atomic E-state index is -0.699. The van der Waals surface area contributed by atoms with Gasteiger partial charge in [0.05, 0.1) is 6.04 Å². The number of carbonyl (C=O) groups excluding carboxylic acids is 1. The van der Waals surface area contributed by atoms with Crippen LogP contribution in [0.2, 0.25) is 0 Å². The molecule has 1 aliphatic heterocycles. The molecule has 1 heterocycles. The molecule has 94 valence electrons. The highest BCUT2D eigenvalue weighted by Gasteiger charge is 2.22. The van der Waals surface area contributed by atoms with Crippen LogP contribution in [0.4, 0.5) is 14.5 Å². The quantitative estimate of drug-likeness (QED) is 0.857. The summed E-state index contributed by atoms with van der Waals surface area (Å²) < 4.78 is 25.7. The first-order valence-corrected chi connectivity index (χ1v) is 5.15. The van der Waals surface area contributed by atoms with E-state index in [1.807, 2.05) is 0 Å². The molecular formula is C11H13ClF2N2O.